The Labute approximate surface area is 364 Å². The Kier molecular flexibility index (Phi) is 14.9. The fourth-order valence-electron chi connectivity index (χ4n) is 6.51. The van der Waals surface area contributed by atoms with Crippen molar-refractivity contribution < 1.29 is 51.9 Å². The summed E-state index contributed by atoms with van der Waals surface area (Å²) in [7, 11) is 3.68. The van der Waals surface area contributed by atoms with Gasteiger partial charge in [0.2, 0.25) is 0 Å². The number of anilines is 4. The number of hydrogen-bond donors (Lipinski definition) is 3. The number of benzene rings is 2. The molecule has 20 heteroatoms. The number of nitrogens with one attached hydrogen (secondary N) is 2. The minimum absolute atomic E-state index is 0. The summed E-state index contributed by atoms with van der Waals surface area (Å²) in [6, 6.07) is 11.2. The molecule has 0 spiro atoms. The van der Waals surface area contributed by atoms with Crippen molar-refractivity contribution >= 4 is 63.2 Å². The second-order valence-corrected chi connectivity index (χ2v) is 15.3. The number of nitrogens with zero attached hydrogens (tertiary/aromatic N) is 9. The Bertz CT molecular complexity index is 2440. The fraction of sp³-hybridized carbons (Fsp3) is 0.390. The van der Waals surface area contributed by atoms with Crippen LogP contribution >= 0.6 is 0 Å². The van der Waals surface area contributed by atoms with E-state index >= 15 is 0 Å². The van der Waals surface area contributed by atoms with Gasteiger partial charge in [0.1, 0.15) is 39.7 Å². The summed E-state index contributed by atoms with van der Waals surface area (Å²) in [4.78, 5) is 65.8. The van der Waals surface area contributed by atoms with Crippen LogP contribution in [0.1, 0.15) is 66.4 Å². The summed E-state index contributed by atoms with van der Waals surface area (Å²) in [5, 5.41) is 16.8. The number of likely N-dealkylation sites (N-methyl/N-ethyl adjacent to an activating group) is 2. The normalized spacial score (nSPS) is 15.9. The van der Waals surface area contributed by atoms with E-state index in [2.05, 4.69) is 45.4 Å². The van der Waals surface area contributed by atoms with Crippen molar-refractivity contribution in [1.82, 2.24) is 40.1 Å². The number of carbonyl (C=O) groups is 3. The number of carboxylic acid groups (broad SMARTS) is 1. The number of ether oxygens (including phenoxy) is 1. The maximum Gasteiger partial charge on any atom is 1.00 e. The maximum atomic E-state index is 12.4. The number of fused-ring (bicyclic) bond motifs is 2. The maximum absolute atomic E-state index is 12.4. The van der Waals surface area contributed by atoms with E-state index in [0.717, 1.165) is 48.4 Å². The summed E-state index contributed by atoms with van der Waals surface area (Å²) in [6.45, 7) is 12.2. The van der Waals surface area contributed by atoms with Crippen molar-refractivity contribution in [2.45, 2.75) is 65.1 Å². The molecule has 2 aromatic carbocycles. The molecular weight excluding hydrogens is 779 g/mol. The third kappa shape index (κ3) is 12.2. The number of hydrogen-bond acceptors (Lipinski definition) is 17. The van der Waals surface area contributed by atoms with Crippen molar-refractivity contribution in [3.05, 3.63) is 84.4 Å². The molecular formula is C41H49LiN12O7. The number of aromatic nitrogens is 6. The Morgan fingerprint density at radius 2 is 1.41 bits per heavy atom. The number of oxazole rings is 2. The molecule has 4 aromatic heterocycles. The fourth-order valence-corrected chi connectivity index (χ4v) is 6.51. The van der Waals surface area contributed by atoms with Gasteiger partial charge in [0.05, 0.1) is 36.8 Å². The molecule has 4 N–H and O–H groups in total. The van der Waals surface area contributed by atoms with Gasteiger partial charge in [0.15, 0.2) is 22.9 Å². The number of carbonyl (C=O) groups excluding carboxylic acids is 3. The van der Waals surface area contributed by atoms with Crippen LogP contribution in [0, 0.1) is 13.8 Å². The SMILES string of the molecule is CN(C(=O)OC(C)(C)C)[C@@H]1CCN(c2cnc(C(=O)[O-])cn2)C1.CN[C@@H]1CCN(c2cnc(C(=O)Nc3ccc4nc(C)oc4c3)cn2)C1.Cc1nc2ccc(N)cc2o1.[Li+]. The average molecular weight is 829 g/mol. The Balaban J connectivity index is 0.000000184. The van der Waals surface area contributed by atoms with Crippen LogP contribution in [-0.2, 0) is 4.74 Å². The second-order valence-electron chi connectivity index (χ2n) is 15.3. The van der Waals surface area contributed by atoms with Crippen LogP contribution in [0.5, 0.6) is 0 Å². The predicted molar refractivity (Wildman–Crippen MR) is 223 cm³/mol. The molecule has 2 aliphatic rings. The van der Waals surface area contributed by atoms with Crippen molar-refractivity contribution in [1.29, 1.82) is 0 Å². The number of aromatic carboxylic acids is 1. The van der Waals surface area contributed by atoms with Gasteiger partial charge in [0.25, 0.3) is 5.91 Å². The number of amides is 2. The van der Waals surface area contributed by atoms with Crippen LogP contribution < -0.4 is 50.1 Å². The van der Waals surface area contributed by atoms with Crippen LogP contribution in [0.25, 0.3) is 22.2 Å². The minimum Gasteiger partial charge on any atom is -0.543 e. The molecule has 6 heterocycles. The third-order valence-corrected chi connectivity index (χ3v) is 9.63. The van der Waals surface area contributed by atoms with Gasteiger partial charge in [-0.2, -0.15) is 0 Å². The van der Waals surface area contributed by atoms with Crippen LogP contribution in [0.15, 0.2) is 70.0 Å². The molecule has 0 unspecified atom stereocenters. The summed E-state index contributed by atoms with van der Waals surface area (Å²) in [5.41, 5.74) is 9.42. The summed E-state index contributed by atoms with van der Waals surface area (Å²) in [5.74, 6) is 0.966. The summed E-state index contributed by atoms with van der Waals surface area (Å²) in [6.07, 6.45) is 7.23. The molecule has 0 aliphatic carbocycles. The van der Waals surface area contributed by atoms with E-state index in [1.165, 1.54) is 18.6 Å². The summed E-state index contributed by atoms with van der Waals surface area (Å²) >= 11 is 0. The first-order chi connectivity index (χ1) is 28.5. The number of rotatable bonds is 7. The number of aryl methyl sites for hydroxylation is 2. The minimum atomic E-state index is -1.35. The molecule has 6 aromatic rings. The zero-order valence-corrected chi connectivity index (χ0v) is 35.6. The first kappa shape index (κ1) is 45.8. The van der Waals surface area contributed by atoms with E-state index in [1.807, 2.05) is 57.8 Å². The monoisotopic (exact) mass is 828 g/mol. The molecule has 61 heavy (non-hydrogen) atoms. The number of carboxylic acids is 1. The molecule has 8 rings (SSSR count). The van der Waals surface area contributed by atoms with Crippen LogP contribution in [-0.4, -0.2) is 111 Å². The molecule has 0 saturated carbocycles. The van der Waals surface area contributed by atoms with Crippen molar-refractivity contribution in [3.8, 4) is 0 Å². The van der Waals surface area contributed by atoms with E-state index in [0.29, 0.717) is 53.7 Å². The van der Waals surface area contributed by atoms with E-state index in [-0.39, 0.29) is 48.3 Å². The van der Waals surface area contributed by atoms with Gasteiger partial charge in [-0.1, -0.05) is 0 Å². The molecule has 2 saturated heterocycles. The first-order valence-electron chi connectivity index (χ1n) is 19.3. The molecule has 2 fully saturated rings. The van der Waals surface area contributed by atoms with Crippen molar-refractivity contribution in [3.63, 3.8) is 0 Å². The standard InChI is InChI=1S/C18H20N6O2.C15H22N4O4.C8H8N2O.Li/c1-11-22-14-4-3-12(7-16(14)26-11)23-18(25)15-8-21-17(9-20-15)24-6-5-13(10-24)19-2;1-15(2,3)23-14(22)18(4)10-5-6-19(9-10)12-8-16-11(7-17-12)13(20)21;1-5-10-7-3-2-6(9)4-8(7)11-5;/h3-4,7-9,13,19H,5-6,10H2,1-2H3,(H,23,25);7-8,10H,5-6,9H2,1-4H3,(H,20,21);2-4H,9H2,1H3;/q;;;+1/p-1/t13-;10-;;/m11../s1. The largest absolute Gasteiger partial charge is 1.00 e. The second kappa shape index (κ2) is 19.8. The summed E-state index contributed by atoms with van der Waals surface area (Å²) < 4.78 is 16.1. The smallest absolute Gasteiger partial charge is 0.543 e. The van der Waals surface area contributed by atoms with Gasteiger partial charge in [0, 0.05) is 76.6 Å². The van der Waals surface area contributed by atoms with Gasteiger partial charge in [-0.15, -0.1) is 0 Å². The van der Waals surface area contributed by atoms with Crippen LogP contribution in [0.2, 0.25) is 0 Å². The van der Waals surface area contributed by atoms with E-state index in [4.69, 9.17) is 19.3 Å². The Morgan fingerprint density at radius 3 is 1.97 bits per heavy atom. The van der Waals surface area contributed by atoms with Gasteiger partial charge >= 0.3 is 25.0 Å². The Hall–Kier alpha value is -6.29. The van der Waals surface area contributed by atoms with Gasteiger partial charge < -0.3 is 54.5 Å². The van der Waals surface area contributed by atoms with E-state index < -0.39 is 11.6 Å². The molecule has 2 aliphatic heterocycles. The van der Waals surface area contributed by atoms with Crippen molar-refractivity contribution in [2.24, 2.45) is 0 Å². The Morgan fingerprint density at radius 1 is 0.836 bits per heavy atom. The van der Waals surface area contributed by atoms with Crippen molar-refractivity contribution in [2.75, 3.05) is 61.1 Å². The third-order valence-electron chi connectivity index (χ3n) is 9.63. The van der Waals surface area contributed by atoms with Gasteiger partial charge in [-0.3, -0.25) is 4.79 Å². The molecule has 0 bridgehead atoms. The van der Waals surface area contributed by atoms with Crippen LogP contribution in [0.4, 0.5) is 27.8 Å². The topological polar surface area (TPSA) is 247 Å². The van der Waals surface area contributed by atoms with Gasteiger partial charge in [-0.25, -0.2) is 34.7 Å². The van der Waals surface area contributed by atoms with E-state index in [9.17, 15) is 19.5 Å². The molecule has 2 atom stereocenters. The predicted octanol–water partition coefficient (Wildman–Crippen LogP) is 0.985. The van der Waals surface area contributed by atoms with E-state index in [1.54, 1.807) is 43.3 Å². The number of nitrogen functional groups attached to an aromatic ring is 1. The van der Waals surface area contributed by atoms with Gasteiger partial charge in [-0.05, 0) is 64.9 Å². The number of nitrogens with two attached hydrogens (primary N) is 1. The zero-order valence-electron chi connectivity index (χ0n) is 35.6. The zero-order chi connectivity index (χ0) is 43.1. The first-order valence-corrected chi connectivity index (χ1v) is 19.3. The average Bonchev–Trinajstić information content (AvgIpc) is 4.03. The molecule has 316 valence electrons. The van der Waals surface area contributed by atoms with Crippen LogP contribution in [0.3, 0.4) is 0 Å². The molecule has 2 amide bonds. The molecule has 0 radical (unpaired) electrons. The molecule has 19 nitrogen and oxygen atoms in total. The quantitative estimate of drug-likeness (QED) is 0.150.